The molecule has 0 radical (unpaired) electrons. The summed E-state index contributed by atoms with van der Waals surface area (Å²) in [4.78, 5) is 1.26. The first kappa shape index (κ1) is 16.0. The summed E-state index contributed by atoms with van der Waals surface area (Å²) in [5.41, 5.74) is 6.31. The number of sulfonamides is 1. The fourth-order valence-corrected chi connectivity index (χ4v) is 3.86. The smallest absolute Gasteiger partial charge is 0.244 e. The summed E-state index contributed by atoms with van der Waals surface area (Å²) < 4.78 is 32.5. The summed E-state index contributed by atoms with van der Waals surface area (Å²) in [7, 11) is -2.17. The molecule has 0 aliphatic heterocycles. The van der Waals surface area contributed by atoms with Gasteiger partial charge in [-0.15, -0.1) is 11.3 Å². The van der Waals surface area contributed by atoms with Crippen LogP contribution in [0.2, 0.25) is 0 Å². The largest absolute Gasteiger partial charge is 0.495 e. The Hall–Kier alpha value is -1.41. The van der Waals surface area contributed by atoms with Gasteiger partial charge in [-0.3, -0.25) is 0 Å². The third-order valence-electron chi connectivity index (χ3n) is 3.00. The quantitative estimate of drug-likeness (QED) is 0.812. The predicted molar refractivity (Wildman–Crippen MR) is 84.1 cm³/mol. The lowest BCUT2D eigenvalue weighted by Gasteiger charge is -2.11. The Labute approximate surface area is 128 Å². The van der Waals surface area contributed by atoms with Crippen molar-refractivity contribution in [3.05, 3.63) is 46.2 Å². The molecule has 21 heavy (non-hydrogen) atoms. The first-order valence-electron chi connectivity index (χ1n) is 6.46. The van der Waals surface area contributed by atoms with Gasteiger partial charge in [0.05, 0.1) is 7.11 Å². The molecule has 0 aliphatic carbocycles. The van der Waals surface area contributed by atoms with Gasteiger partial charge < -0.3 is 10.5 Å². The summed E-state index contributed by atoms with van der Waals surface area (Å²) >= 11 is 1.61. The zero-order chi connectivity index (χ0) is 15.3. The second kappa shape index (κ2) is 7.04. The average molecular weight is 326 g/mol. The van der Waals surface area contributed by atoms with Crippen molar-refractivity contribution < 1.29 is 13.2 Å². The van der Waals surface area contributed by atoms with Crippen LogP contribution in [0, 0.1) is 0 Å². The summed E-state index contributed by atoms with van der Waals surface area (Å²) in [6.07, 6.45) is 0.662. The van der Waals surface area contributed by atoms with Crippen LogP contribution in [0.4, 0.5) is 0 Å². The number of nitrogens with two attached hydrogens (primary N) is 1. The Balaban J connectivity index is 2.14. The third kappa shape index (κ3) is 4.04. The number of nitrogens with one attached hydrogen (secondary N) is 1. The first-order chi connectivity index (χ1) is 10.1. The number of benzene rings is 1. The molecule has 1 heterocycles. The molecule has 7 heteroatoms. The van der Waals surface area contributed by atoms with Gasteiger partial charge >= 0.3 is 0 Å². The van der Waals surface area contributed by atoms with Crippen molar-refractivity contribution >= 4 is 21.4 Å². The molecule has 0 unspecified atom stereocenters. The van der Waals surface area contributed by atoms with E-state index in [1.165, 1.54) is 7.11 Å². The van der Waals surface area contributed by atoms with Crippen molar-refractivity contribution in [1.29, 1.82) is 0 Å². The lowest BCUT2D eigenvalue weighted by atomic mass is 10.2. The molecular weight excluding hydrogens is 308 g/mol. The topological polar surface area (TPSA) is 81.4 Å². The maximum absolute atomic E-state index is 12.4. The van der Waals surface area contributed by atoms with Crippen LogP contribution in [-0.4, -0.2) is 22.1 Å². The number of methoxy groups -OCH3 is 1. The molecule has 114 valence electrons. The van der Waals surface area contributed by atoms with Crippen molar-refractivity contribution in [2.45, 2.75) is 17.9 Å². The molecule has 0 saturated carbocycles. The van der Waals surface area contributed by atoms with Crippen molar-refractivity contribution in [3.63, 3.8) is 0 Å². The number of thiophene rings is 1. The van der Waals surface area contributed by atoms with Crippen LogP contribution < -0.4 is 15.2 Å². The number of hydrogen-bond donors (Lipinski definition) is 2. The number of ether oxygens (including phenoxy) is 1. The molecule has 0 saturated heterocycles. The molecule has 0 aliphatic rings. The summed E-state index contributed by atoms with van der Waals surface area (Å²) in [5, 5.41) is 1.97. The SMILES string of the molecule is COc1ccc(CN)cc1S(=O)(=O)NCCc1cccs1. The molecule has 1 aromatic carbocycles. The fraction of sp³-hybridized carbons (Fsp3) is 0.286. The Morgan fingerprint density at radius 3 is 2.76 bits per heavy atom. The highest BCUT2D eigenvalue weighted by molar-refractivity contribution is 7.89. The van der Waals surface area contributed by atoms with Crippen LogP contribution in [0.5, 0.6) is 5.75 Å². The molecular formula is C14H18N2O3S2. The number of hydrogen-bond acceptors (Lipinski definition) is 5. The normalized spacial score (nSPS) is 11.5. The van der Waals surface area contributed by atoms with Gasteiger partial charge in [0.1, 0.15) is 10.6 Å². The zero-order valence-electron chi connectivity index (χ0n) is 11.7. The highest BCUT2D eigenvalue weighted by Gasteiger charge is 2.19. The molecule has 0 amide bonds. The maximum atomic E-state index is 12.4. The van der Waals surface area contributed by atoms with Crippen LogP contribution in [0.1, 0.15) is 10.4 Å². The highest BCUT2D eigenvalue weighted by atomic mass is 32.2. The van der Waals surface area contributed by atoms with Crippen molar-refractivity contribution in [3.8, 4) is 5.75 Å². The van der Waals surface area contributed by atoms with E-state index in [1.54, 1.807) is 29.5 Å². The van der Waals surface area contributed by atoms with Crippen LogP contribution in [0.15, 0.2) is 40.6 Å². The first-order valence-corrected chi connectivity index (χ1v) is 8.82. The second-order valence-corrected chi connectivity index (χ2v) is 7.18. The molecule has 0 bridgehead atoms. The fourth-order valence-electron chi connectivity index (χ4n) is 1.90. The molecule has 1 aromatic heterocycles. The van der Waals surface area contributed by atoms with Gasteiger partial charge in [-0.25, -0.2) is 13.1 Å². The highest BCUT2D eigenvalue weighted by Crippen LogP contribution is 2.24. The van der Waals surface area contributed by atoms with E-state index in [2.05, 4.69) is 4.72 Å². The third-order valence-corrected chi connectivity index (χ3v) is 5.42. The van der Waals surface area contributed by atoms with E-state index in [0.717, 1.165) is 10.4 Å². The lowest BCUT2D eigenvalue weighted by Crippen LogP contribution is -2.26. The molecule has 5 nitrogen and oxygen atoms in total. The number of rotatable bonds is 7. The van der Waals surface area contributed by atoms with Crippen LogP contribution in [-0.2, 0) is 23.0 Å². The minimum absolute atomic E-state index is 0.124. The van der Waals surface area contributed by atoms with E-state index in [-0.39, 0.29) is 11.4 Å². The van der Waals surface area contributed by atoms with Crippen LogP contribution in [0.25, 0.3) is 0 Å². The minimum Gasteiger partial charge on any atom is -0.495 e. The van der Waals surface area contributed by atoms with Gasteiger partial charge in [0.15, 0.2) is 0 Å². The van der Waals surface area contributed by atoms with E-state index >= 15 is 0 Å². The Morgan fingerprint density at radius 1 is 1.33 bits per heavy atom. The Bertz CT molecular complexity index is 682. The molecule has 0 atom stereocenters. The van der Waals surface area contributed by atoms with Crippen molar-refractivity contribution in [2.24, 2.45) is 5.73 Å². The van der Waals surface area contributed by atoms with Gasteiger partial charge in [-0.1, -0.05) is 12.1 Å². The second-order valence-electron chi connectivity index (χ2n) is 4.42. The molecule has 2 aromatic rings. The molecule has 3 N–H and O–H groups in total. The van der Waals surface area contributed by atoms with Crippen LogP contribution in [0.3, 0.4) is 0 Å². The summed E-state index contributed by atoms with van der Waals surface area (Å²) in [6, 6.07) is 8.85. The maximum Gasteiger partial charge on any atom is 0.244 e. The van der Waals surface area contributed by atoms with Gasteiger partial charge in [-0.05, 0) is 35.6 Å². The predicted octanol–water partition coefficient (Wildman–Crippen LogP) is 1.74. The van der Waals surface area contributed by atoms with E-state index in [1.807, 2.05) is 17.5 Å². The molecule has 2 rings (SSSR count). The van der Waals surface area contributed by atoms with Gasteiger partial charge in [0, 0.05) is 18.0 Å². The zero-order valence-corrected chi connectivity index (χ0v) is 13.3. The van der Waals surface area contributed by atoms with Gasteiger partial charge in [0.2, 0.25) is 10.0 Å². The van der Waals surface area contributed by atoms with E-state index in [0.29, 0.717) is 18.7 Å². The molecule has 0 spiro atoms. The summed E-state index contributed by atoms with van der Waals surface area (Å²) in [6.45, 7) is 0.626. The Morgan fingerprint density at radius 2 is 2.14 bits per heavy atom. The van der Waals surface area contributed by atoms with E-state index < -0.39 is 10.0 Å². The van der Waals surface area contributed by atoms with Gasteiger partial charge in [0.25, 0.3) is 0 Å². The van der Waals surface area contributed by atoms with E-state index in [9.17, 15) is 8.42 Å². The monoisotopic (exact) mass is 326 g/mol. The standard InChI is InChI=1S/C14H18N2O3S2/c1-19-13-5-4-11(10-15)9-14(13)21(17,18)16-7-6-12-3-2-8-20-12/h2-5,8-9,16H,6-7,10,15H2,1H3. The average Bonchev–Trinajstić information content (AvgIpc) is 2.99. The van der Waals surface area contributed by atoms with Crippen molar-refractivity contribution in [2.75, 3.05) is 13.7 Å². The molecule has 0 fully saturated rings. The van der Waals surface area contributed by atoms with Crippen molar-refractivity contribution in [1.82, 2.24) is 4.72 Å². The van der Waals surface area contributed by atoms with Crippen LogP contribution >= 0.6 is 11.3 Å². The van der Waals surface area contributed by atoms with Gasteiger partial charge in [-0.2, -0.15) is 0 Å². The summed E-state index contributed by atoms with van der Waals surface area (Å²) in [5.74, 6) is 0.316. The minimum atomic E-state index is -3.61. The Kier molecular flexibility index (Phi) is 5.35. The lowest BCUT2D eigenvalue weighted by molar-refractivity contribution is 0.402. The van der Waals surface area contributed by atoms with E-state index in [4.69, 9.17) is 10.5 Å².